The van der Waals surface area contributed by atoms with Crippen LogP contribution in [0.5, 0.6) is 0 Å². The molecule has 1 heterocycles. The van der Waals surface area contributed by atoms with Gasteiger partial charge in [0.15, 0.2) is 21.8 Å². The van der Waals surface area contributed by atoms with E-state index in [1.807, 2.05) is 0 Å². The Balaban J connectivity index is 2.39. The Morgan fingerprint density at radius 3 is 2.59 bits per heavy atom. The standard InChI is InChI=1S/C17H32N6O3SSi2/c1-15(24)19-7-6-10-28(2,3)26-29(4,5)14-27-17-20-11-16(12-21-17)13-25-9-8-22-23-18/h11-12H,6-10,13-14H2,1-5H3,(H,19,24). The van der Waals surface area contributed by atoms with E-state index >= 15 is 0 Å². The molecule has 0 aliphatic carbocycles. The highest BCUT2D eigenvalue weighted by atomic mass is 32.2. The predicted octanol–water partition coefficient (Wildman–Crippen LogP) is 3.89. The number of ether oxygens (including phenoxy) is 1. The molecule has 9 nitrogen and oxygen atoms in total. The normalized spacial score (nSPS) is 11.8. The van der Waals surface area contributed by atoms with Gasteiger partial charge in [-0.3, -0.25) is 4.79 Å². The van der Waals surface area contributed by atoms with Gasteiger partial charge in [-0.1, -0.05) is 16.9 Å². The van der Waals surface area contributed by atoms with E-state index in [4.69, 9.17) is 14.4 Å². The largest absolute Gasteiger partial charge is 0.455 e. The summed E-state index contributed by atoms with van der Waals surface area (Å²) in [5.74, 6) is 0.0160. The fourth-order valence-corrected chi connectivity index (χ4v) is 13.0. The molecule has 1 amide bonds. The van der Waals surface area contributed by atoms with Crippen LogP contribution >= 0.6 is 11.8 Å². The van der Waals surface area contributed by atoms with E-state index in [1.54, 1.807) is 31.1 Å². The van der Waals surface area contributed by atoms with Gasteiger partial charge in [0.1, 0.15) is 0 Å². The second-order valence-corrected chi connectivity index (χ2v) is 18.0. The zero-order chi connectivity index (χ0) is 21.8. The first-order chi connectivity index (χ1) is 13.6. The van der Waals surface area contributed by atoms with E-state index in [1.165, 1.54) is 0 Å². The molecule has 0 saturated heterocycles. The summed E-state index contributed by atoms with van der Waals surface area (Å²) in [5.41, 5.74) is 9.10. The van der Waals surface area contributed by atoms with Crippen molar-refractivity contribution in [2.24, 2.45) is 5.11 Å². The molecule has 1 aromatic rings. The van der Waals surface area contributed by atoms with Gasteiger partial charge in [-0.15, -0.1) is 0 Å². The lowest BCUT2D eigenvalue weighted by molar-refractivity contribution is -0.118. The van der Waals surface area contributed by atoms with E-state index in [9.17, 15) is 4.79 Å². The number of nitrogens with zero attached hydrogens (tertiary/aromatic N) is 5. The molecule has 12 heteroatoms. The van der Waals surface area contributed by atoms with Gasteiger partial charge in [0.2, 0.25) is 5.91 Å². The summed E-state index contributed by atoms with van der Waals surface area (Å²) in [6.45, 7) is 12.3. The fourth-order valence-electron chi connectivity index (χ4n) is 2.68. The van der Waals surface area contributed by atoms with Crippen LogP contribution in [0, 0.1) is 0 Å². The maximum atomic E-state index is 11.0. The number of hydrogen-bond donors (Lipinski definition) is 1. The minimum Gasteiger partial charge on any atom is -0.455 e. The zero-order valence-corrected chi connectivity index (χ0v) is 20.8. The molecule has 0 aromatic carbocycles. The fraction of sp³-hybridized carbons (Fsp3) is 0.706. The molecule has 0 aliphatic rings. The lowest BCUT2D eigenvalue weighted by Gasteiger charge is -2.33. The molecule has 0 fully saturated rings. The number of nitrogens with one attached hydrogen (secondary N) is 1. The average Bonchev–Trinajstić information content (AvgIpc) is 2.63. The molecule has 1 aromatic heterocycles. The smallest absolute Gasteiger partial charge is 0.216 e. The van der Waals surface area contributed by atoms with Gasteiger partial charge in [0, 0.05) is 48.3 Å². The van der Waals surface area contributed by atoms with Crippen LogP contribution in [-0.2, 0) is 20.3 Å². The Morgan fingerprint density at radius 1 is 1.28 bits per heavy atom. The molecule has 1 rings (SSSR count). The average molecular weight is 457 g/mol. The second-order valence-electron chi connectivity index (χ2n) is 7.88. The third-order valence-electron chi connectivity index (χ3n) is 3.78. The van der Waals surface area contributed by atoms with Crippen molar-refractivity contribution in [3.63, 3.8) is 0 Å². The number of hydrogen-bond acceptors (Lipinski definition) is 7. The Kier molecular flexibility index (Phi) is 11.5. The first kappa shape index (κ1) is 25.6. The molecule has 162 valence electrons. The van der Waals surface area contributed by atoms with Crippen molar-refractivity contribution in [1.29, 1.82) is 0 Å². The summed E-state index contributed by atoms with van der Waals surface area (Å²) >= 11 is 1.63. The van der Waals surface area contributed by atoms with E-state index in [0.717, 1.165) is 28.6 Å². The molecular weight excluding hydrogens is 424 g/mol. The maximum absolute atomic E-state index is 11.0. The molecule has 0 saturated carbocycles. The van der Waals surface area contributed by atoms with E-state index in [-0.39, 0.29) is 5.91 Å². The summed E-state index contributed by atoms with van der Waals surface area (Å²) in [4.78, 5) is 22.4. The first-order valence-corrected chi connectivity index (χ1v) is 16.8. The zero-order valence-electron chi connectivity index (χ0n) is 18.0. The van der Waals surface area contributed by atoms with Crippen LogP contribution in [-0.4, -0.2) is 57.6 Å². The Morgan fingerprint density at radius 2 is 1.97 bits per heavy atom. The highest BCUT2D eigenvalue weighted by Crippen LogP contribution is 2.25. The predicted molar refractivity (Wildman–Crippen MR) is 121 cm³/mol. The van der Waals surface area contributed by atoms with Crippen LogP contribution in [0.2, 0.25) is 32.2 Å². The third kappa shape index (κ3) is 12.7. The molecular formula is C17H32N6O3SSi2. The van der Waals surface area contributed by atoms with Gasteiger partial charge in [0.25, 0.3) is 0 Å². The van der Waals surface area contributed by atoms with Crippen LogP contribution in [0.4, 0.5) is 0 Å². The highest BCUT2D eigenvalue weighted by molar-refractivity contribution is 8.00. The van der Waals surface area contributed by atoms with Crippen molar-refractivity contribution in [2.45, 2.75) is 57.3 Å². The number of carbonyl (C=O) groups excluding carboxylic acids is 1. The van der Waals surface area contributed by atoms with E-state index < -0.39 is 16.6 Å². The monoisotopic (exact) mass is 456 g/mol. The molecule has 0 radical (unpaired) electrons. The van der Waals surface area contributed by atoms with Gasteiger partial charge in [-0.25, -0.2) is 9.97 Å². The van der Waals surface area contributed by atoms with Gasteiger partial charge in [-0.05, 0) is 44.2 Å². The third-order valence-corrected chi connectivity index (χ3v) is 13.6. The Hall–Kier alpha value is -1.44. The Labute approximate surface area is 179 Å². The summed E-state index contributed by atoms with van der Waals surface area (Å²) in [5, 5.41) is 7.88. The minimum absolute atomic E-state index is 0.0160. The van der Waals surface area contributed by atoms with Crippen LogP contribution < -0.4 is 5.32 Å². The minimum atomic E-state index is -1.86. The molecule has 0 spiro atoms. The van der Waals surface area contributed by atoms with Crippen LogP contribution in [0.15, 0.2) is 22.7 Å². The molecule has 0 aliphatic heterocycles. The van der Waals surface area contributed by atoms with Crippen molar-refractivity contribution in [3.8, 4) is 0 Å². The summed E-state index contributed by atoms with van der Waals surface area (Å²) < 4.78 is 12.0. The molecule has 0 atom stereocenters. The number of thioether (sulfide) groups is 1. The Bertz CT molecular complexity index is 684. The van der Waals surface area contributed by atoms with Gasteiger partial charge in [0.05, 0.1) is 13.2 Å². The first-order valence-electron chi connectivity index (χ1n) is 9.60. The summed E-state index contributed by atoms with van der Waals surface area (Å²) in [6.07, 6.45) is 4.48. The van der Waals surface area contributed by atoms with Crippen molar-refractivity contribution in [1.82, 2.24) is 15.3 Å². The highest BCUT2D eigenvalue weighted by Gasteiger charge is 2.33. The number of carbonyl (C=O) groups is 1. The topological polar surface area (TPSA) is 122 Å². The van der Waals surface area contributed by atoms with Crippen molar-refractivity contribution in [3.05, 3.63) is 28.4 Å². The van der Waals surface area contributed by atoms with Gasteiger partial charge in [-0.2, -0.15) is 0 Å². The molecule has 0 unspecified atom stereocenters. The molecule has 0 bridgehead atoms. The van der Waals surface area contributed by atoms with Gasteiger partial charge < -0.3 is 14.2 Å². The summed E-state index contributed by atoms with van der Waals surface area (Å²) in [7, 11) is -3.63. The molecule has 29 heavy (non-hydrogen) atoms. The number of azide groups is 1. The van der Waals surface area contributed by atoms with E-state index in [0.29, 0.717) is 26.3 Å². The van der Waals surface area contributed by atoms with Crippen molar-refractivity contribution >= 4 is 34.3 Å². The van der Waals surface area contributed by atoms with Gasteiger partial charge >= 0.3 is 0 Å². The lowest BCUT2D eigenvalue weighted by Crippen LogP contribution is -2.46. The second kappa shape index (κ2) is 13.0. The number of rotatable bonds is 14. The van der Waals surface area contributed by atoms with E-state index in [2.05, 4.69) is 51.5 Å². The molecule has 1 N–H and O–H groups in total. The number of aromatic nitrogens is 2. The van der Waals surface area contributed by atoms with Crippen molar-refractivity contribution < 1.29 is 13.6 Å². The van der Waals surface area contributed by atoms with Crippen LogP contribution in [0.25, 0.3) is 10.4 Å². The maximum Gasteiger partial charge on any atom is 0.216 e. The SMILES string of the molecule is CC(=O)NCCC[Si](C)(C)O[Si](C)(C)CSc1ncc(COCCN=[N+]=[N-])cn1. The van der Waals surface area contributed by atoms with Crippen molar-refractivity contribution in [2.75, 3.05) is 25.1 Å². The lowest BCUT2D eigenvalue weighted by atomic mass is 10.4. The quantitative estimate of drug-likeness (QED) is 0.0862. The number of amides is 1. The van der Waals surface area contributed by atoms with Crippen LogP contribution in [0.3, 0.4) is 0 Å². The summed E-state index contributed by atoms with van der Waals surface area (Å²) in [6, 6.07) is 1.03. The van der Waals surface area contributed by atoms with Crippen LogP contribution in [0.1, 0.15) is 18.9 Å².